The van der Waals surface area contributed by atoms with Gasteiger partial charge in [0, 0.05) is 6.61 Å². The first-order valence-electron chi connectivity index (χ1n) is 1.24. The van der Waals surface area contributed by atoms with Crippen LogP contribution in [0.3, 0.4) is 0 Å². The van der Waals surface area contributed by atoms with E-state index >= 15 is 0 Å². The molecule has 0 aliphatic heterocycles. The second-order valence-corrected chi connectivity index (χ2v) is 0.316. The van der Waals surface area contributed by atoms with E-state index in [0.717, 1.165) is 29.6 Å². The summed E-state index contributed by atoms with van der Waals surface area (Å²) in [5.74, 6) is 0. The number of aliphatic hydroxyl groups excluding tert-OH is 1. The number of halogens is 1. The van der Waals surface area contributed by atoms with Gasteiger partial charge in [0.25, 0.3) is 0 Å². The molecule has 1 N–H and O–H groups in total. The van der Waals surface area contributed by atoms with Crippen molar-refractivity contribution in [2.45, 2.75) is 6.92 Å². The van der Waals surface area contributed by atoms with Crippen LogP contribution in [0.1, 0.15) is 6.92 Å². The van der Waals surface area contributed by atoms with E-state index in [0.29, 0.717) is 0 Å². The van der Waals surface area contributed by atoms with Crippen LogP contribution in [0.4, 0.5) is 0 Å². The van der Waals surface area contributed by atoms with E-state index in [4.69, 9.17) is 12.4 Å². The van der Waals surface area contributed by atoms with Gasteiger partial charge in [-0.15, -0.1) is 0 Å². The number of rotatable bonds is 0. The summed E-state index contributed by atoms with van der Waals surface area (Å²) in [7, 11) is 4.77. The second kappa shape index (κ2) is 18.3. The van der Waals surface area contributed by atoms with Crippen molar-refractivity contribution >= 4 is 7.33 Å². The first-order valence-corrected chi connectivity index (χ1v) is 4.90. The fourth-order valence-corrected chi connectivity index (χ4v) is 0. The third-order valence-electron chi connectivity index (χ3n) is 0. The average Bonchev–Trinajstić information content (AvgIpc) is 1.46. The molecule has 0 aromatic carbocycles. The zero-order valence-electron chi connectivity index (χ0n) is 3.11. The van der Waals surface area contributed by atoms with Crippen molar-refractivity contribution < 1.29 is 34.7 Å². The summed E-state index contributed by atoms with van der Waals surface area (Å²) in [5.41, 5.74) is 0. The maximum atomic E-state index is 7.57. The van der Waals surface area contributed by atoms with Crippen molar-refractivity contribution in [1.82, 2.24) is 0 Å². The Balaban J connectivity index is 0. The summed E-state index contributed by atoms with van der Waals surface area (Å²) in [6.07, 6.45) is 0. The predicted octanol–water partition coefficient (Wildman–Crippen LogP) is 0.686. The Labute approximate surface area is 55.2 Å². The van der Waals surface area contributed by atoms with E-state index in [1.165, 1.54) is 0 Å². The molecule has 0 aliphatic carbocycles. The van der Waals surface area contributed by atoms with Gasteiger partial charge in [-0.3, -0.25) is 0 Å². The Morgan fingerprint density at radius 2 is 1.80 bits per heavy atom. The molecule has 0 aromatic heterocycles. The van der Waals surface area contributed by atoms with Crippen LogP contribution in [0.15, 0.2) is 0 Å². The minimum absolute atomic E-state index is 0.250. The summed E-state index contributed by atoms with van der Waals surface area (Å²) < 4.78 is 0. The van der Waals surface area contributed by atoms with Gasteiger partial charge < -0.3 is 5.11 Å². The molecule has 0 aromatic rings. The van der Waals surface area contributed by atoms with E-state index in [9.17, 15) is 0 Å². The van der Waals surface area contributed by atoms with E-state index in [1.54, 1.807) is 6.92 Å². The monoisotopic (exact) mass is 170 g/mol. The van der Waals surface area contributed by atoms with Gasteiger partial charge in [0.05, 0.1) is 0 Å². The molecule has 1 nitrogen and oxygen atoms in total. The van der Waals surface area contributed by atoms with Gasteiger partial charge in [-0.1, -0.05) is 0 Å². The number of hydrogen-bond donors (Lipinski definition) is 1. The molecule has 3 heteroatoms. The van der Waals surface area contributed by atoms with Gasteiger partial charge >= 0.3 is 36.9 Å². The molecule has 30 valence electrons. The second-order valence-electron chi connectivity index (χ2n) is 0.316. The number of aliphatic hydroxyl groups is 1. The van der Waals surface area contributed by atoms with Crippen molar-refractivity contribution in [2.24, 2.45) is 0 Å². The molecule has 0 unspecified atom stereocenters. The first kappa shape index (κ1) is 9.61. The van der Waals surface area contributed by atoms with E-state index in [1.807, 2.05) is 0 Å². The van der Waals surface area contributed by atoms with Gasteiger partial charge in [-0.25, -0.2) is 0 Å². The Bertz CT molecular complexity index is 9.61. The van der Waals surface area contributed by atoms with Gasteiger partial charge in [0.2, 0.25) is 0 Å². The molecule has 0 amide bonds. The summed E-state index contributed by atoms with van der Waals surface area (Å²) in [6.45, 7) is 1.93. The molecule has 0 fully saturated rings. The van der Waals surface area contributed by atoms with Gasteiger partial charge in [0.1, 0.15) is 0 Å². The van der Waals surface area contributed by atoms with Crippen LogP contribution in [0, 0.1) is 0 Å². The fourth-order valence-electron chi connectivity index (χ4n) is 0. The van der Waals surface area contributed by atoms with Crippen LogP contribution in [0.25, 0.3) is 0 Å². The summed E-state index contributed by atoms with van der Waals surface area (Å²) in [4.78, 5) is 0. The van der Waals surface area contributed by atoms with E-state index < -0.39 is 0 Å². The molecule has 5 heavy (non-hydrogen) atoms. The molecule has 0 rings (SSSR count). The van der Waals surface area contributed by atoms with Crippen molar-refractivity contribution in [1.29, 1.82) is 0 Å². The summed E-state index contributed by atoms with van der Waals surface area (Å²) in [6, 6.07) is 0. The average molecular weight is 170 g/mol. The standard InChI is InChI=1S/C2H6O.ClH.Y/c1-2-3;;/h3H,2H2,1H3;1H;/q;;+1/p-1. The molecule has 0 aliphatic rings. The topological polar surface area (TPSA) is 20.2 Å². The van der Waals surface area contributed by atoms with Crippen molar-refractivity contribution in [3.8, 4) is 0 Å². The molecular weight excluding hydrogens is 164 g/mol. The molecule has 0 saturated heterocycles. The fraction of sp³-hybridized carbons (Fsp3) is 1.00. The van der Waals surface area contributed by atoms with Crippen molar-refractivity contribution in [3.63, 3.8) is 0 Å². The minimum atomic E-state index is 0.250. The zero-order valence-corrected chi connectivity index (χ0v) is 6.70. The third-order valence-corrected chi connectivity index (χ3v) is 0. The zero-order chi connectivity index (χ0) is 4.71. The van der Waals surface area contributed by atoms with Crippen LogP contribution < -0.4 is 0 Å². The van der Waals surface area contributed by atoms with Gasteiger partial charge in [0.15, 0.2) is 0 Å². The van der Waals surface area contributed by atoms with Crippen LogP contribution in [-0.2, 0) is 29.6 Å². The Kier molecular flexibility index (Phi) is 35.2. The molecule has 0 saturated carbocycles. The maximum absolute atomic E-state index is 7.57. The molecule has 0 heterocycles. The first-order chi connectivity index (χ1) is 2.41. The van der Waals surface area contributed by atoms with E-state index in [-0.39, 0.29) is 6.61 Å². The Hall–Kier alpha value is 1.35. The summed E-state index contributed by atoms with van der Waals surface area (Å²) >= 11 is 0.822. The third kappa shape index (κ3) is 32.9. The molecule has 0 spiro atoms. The summed E-state index contributed by atoms with van der Waals surface area (Å²) in [5, 5.41) is 7.57. The van der Waals surface area contributed by atoms with E-state index in [2.05, 4.69) is 0 Å². The van der Waals surface area contributed by atoms with Crippen LogP contribution in [0.2, 0.25) is 0 Å². The van der Waals surface area contributed by atoms with Crippen LogP contribution in [0.5, 0.6) is 0 Å². The molecular formula is C2H6ClOY. The molecule has 0 atom stereocenters. The normalized spacial score (nSPS) is 4.40. The SMILES string of the molecule is CCO.[Cl][Y]. The van der Waals surface area contributed by atoms with Crippen LogP contribution in [-0.4, -0.2) is 11.7 Å². The van der Waals surface area contributed by atoms with Gasteiger partial charge in [-0.05, 0) is 6.92 Å². The van der Waals surface area contributed by atoms with Crippen molar-refractivity contribution in [2.75, 3.05) is 6.61 Å². The number of hydrogen-bond acceptors (Lipinski definition) is 1. The van der Waals surface area contributed by atoms with Crippen molar-refractivity contribution in [3.05, 3.63) is 0 Å². The quantitative estimate of drug-likeness (QED) is 0.567. The Morgan fingerprint density at radius 3 is 1.80 bits per heavy atom. The molecule has 0 bridgehead atoms. The van der Waals surface area contributed by atoms with Crippen LogP contribution >= 0.6 is 7.33 Å². The molecule has 0 radical (unpaired) electrons. The Morgan fingerprint density at radius 1 is 1.80 bits per heavy atom. The van der Waals surface area contributed by atoms with Gasteiger partial charge in [-0.2, -0.15) is 0 Å². The predicted molar refractivity (Wildman–Crippen MR) is 18.6 cm³/mol.